The van der Waals surface area contributed by atoms with E-state index in [4.69, 9.17) is 4.74 Å². The fourth-order valence-corrected chi connectivity index (χ4v) is 4.76. The first-order valence-corrected chi connectivity index (χ1v) is 12.7. The number of unbranched alkanes of at least 4 members (excludes halogenated alkanes) is 3. The summed E-state index contributed by atoms with van der Waals surface area (Å²) in [5.41, 5.74) is 0.396. The van der Waals surface area contributed by atoms with Gasteiger partial charge in [-0.2, -0.15) is 0 Å². The van der Waals surface area contributed by atoms with Gasteiger partial charge in [0.15, 0.2) is 0 Å². The summed E-state index contributed by atoms with van der Waals surface area (Å²) in [6.07, 6.45) is 4.52. The zero-order valence-corrected chi connectivity index (χ0v) is 20.9. The fourth-order valence-electron chi connectivity index (χ4n) is 2.85. The Morgan fingerprint density at radius 1 is 1.03 bits per heavy atom. The number of rotatable bonds is 10. The molecule has 0 saturated carbocycles. The molecule has 0 aromatic heterocycles. The molecule has 2 aromatic carbocycles. The van der Waals surface area contributed by atoms with Crippen molar-refractivity contribution in [3.63, 3.8) is 0 Å². The molecule has 170 valence electrons. The minimum absolute atomic E-state index is 0.142. The molecule has 0 spiro atoms. The highest BCUT2D eigenvalue weighted by Crippen LogP contribution is 2.27. The highest BCUT2D eigenvalue weighted by Gasteiger charge is 2.21. The summed E-state index contributed by atoms with van der Waals surface area (Å²) in [4.78, 5) is 12.7. The van der Waals surface area contributed by atoms with Crippen molar-refractivity contribution in [2.24, 2.45) is 0 Å². The van der Waals surface area contributed by atoms with E-state index in [-0.39, 0.29) is 10.8 Å². The number of halogens is 1. The van der Waals surface area contributed by atoms with Gasteiger partial charge in [-0.15, -0.1) is 0 Å². The maximum atomic E-state index is 12.6. The standard InChI is InChI=1S/C23H31BrN2O4S/c1-5-6-7-8-15-30-21-14-9-17(16-20(21)24)22(27)25-18-10-12-19(13-11-18)31(28,29)26-23(2,3)4/h9-14,16,26H,5-8,15H2,1-4H3,(H,25,27). The van der Waals surface area contributed by atoms with Crippen LogP contribution in [0.4, 0.5) is 5.69 Å². The number of carbonyl (C=O) groups is 1. The van der Waals surface area contributed by atoms with Crippen LogP contribution in [0, 0.1) is 0 Å². The van der Waals surface area contributed by atoms with E-state index in [1.807, 2.05) is 0 Å². The molecule has 0 saturated heterocycles. The van der Waals surface area contributed by atoms with Crippen LogP contribution in [0.25, 0.3) is 0 Å². The van der Waals surface area contributed by atoms with Crippen molar-refractivity contribution < 1.29 is 17.9 Å². The third-order valence-corrected chi connectivity index (χ3v) is 6.71. The number of hydrogen-bond donors (Lipinski definition) is 2. The summed E-state index contributed by atoms with van der Waals surface area (Å²) in [6, 6.07) is 11.3. The van der Waals surface area contributed by atoms with Gasteiger partial charge < -0.3 is 10.1 Å². The maximum Gasteiger partial charge on any atom is 0.255 e. The van der Waals surface area contributed by atoms with Crippen LogP contribution in [0.2, 0.25) is 0 Å². The Morgan fingerprint density at radius 3 is 2.29 bits per heavy atom. The van der Waals surface area contributed by atoms with Crippen LogP contribution in [0.5, 0.6) is 5.75 Å². The van der Waals surface area contributed by atoms with Gasteiger partial charge >= 0.3 is 0 Å². The van der Waals surface area contributed by atoms with E-state index in [9.17, 15) is 13.2 Å². The van der Waals surface area contributed by atoms with Crippen molar-refractivity contribution in [3.05, 3.63) is 52.5 Å². The van der Waals surface area contributed by atoms with Gasteiger partial charge in [0.2, 0.25) is 10.0 Å². The third kappa shape index (κ3) is 8.27. The van der Waals surface area contributed by atoms with Crippen molar-refractivity contribution in [2.45, 2.75) is 63.8 Å². The third-order valence-electron chi connectivity index (χ3n) is 4.31. The van der Waals surface area contributed by atoms with E-state index >= 15 is 0 Å². The smallest absolute Gasteiger partial charge is 0.255 e. The number of nitrogens with one attached hydrogen (secondary N) is 2. The molecule has 0 unspecified atom stereocenters. The number of anilines is 1. The number of ether oxygens (including phenoxy) is 1. The first-order chi connectivity index (χ1) is 14.5. The second-order valence-corrected chi connectivity index (χ2v) is 10.9. The summed E-state index contributed by atoms with van der Waals surface area (Å²) >= 11 is 3.46. The van der Waals surface area contributed by atoms with Gasteiger partial charge in [-0.25, -0.2) is 13.1 Å². The lowest BCUT2D eigenvalue weighted by atomic mass is 10.1. The largest absolute Gasteiger partial charge is 0.492 e. The second-order valence-electron chi connectivity index (χ2n) is 8.39. The molecule has 2 aromatic rings. The molecule has 2 N–H and O–H groups in total. The Bertz CT molecular complexity index is 984. The molecular weight excluding hydrogens is 480 g/mol. The average Bonchev–Trinajstić information content (AvgIpc) is 2.67. The molecule has 31 heavy (non-hydrogen) atoms. The van der Waals surface area contributed by atoms with Crippen LogP contribution < -0.4 is 14.8 Å². The maximum absolute atomic E-state index is 12.6. The van der Waals surface area contributed by atoms with Crippen LogP contribution >= 0.6 is 15.9 Å². The van der Waals surface area contributed by atoms with Gasteiger partial charge in [-0.1, -0.05) is 26.2 Å². The minimum atomic E-state index is -3.62. The van der Waals surface area contributed by atoms with Crippen molar-refractivity contribution in [3.8, 4) is 5.75 Å². The molecule has 1 amide bonds. The summed E-state index contributed by atoms with van der Waals surface area (Å²) in [5, 5.41) is 2.78. The van der Waals surface area contributed by atoms with E-state index in [0.717, 1.165) is 12.8 Å². The number of sulfonamides is 1. The number of carbonyl (C=O) groups excluding carboxylic acids is 1. The van der Waals surface area contributed by atoms with E-state index in [1.165, 1.54) is 25.0 Å². The molecule has 0 bridgehead atoms. The summed E-state index contributed by atoms with van der Waals surface area (Å²) in [6.45, 7) is 8.14. The normalized spacial score (nSPS) is 11.9. The quantitative estimate of drug-likeness (QED) is 0.399. The molecule has 0 atom stereocenters. The van der Waals surface area contributed by atoms with Crippen molar-refractivity contribution in [2.75, 3.05) is 11.9 Å². The van der Waals surface area contributed by atoms with Crippen LogP contribution in [0.1, 0.15) is 63.7 Å². The van der Waals surface area contributed by atoms with Crippen molar-refractivity contribution in [1.82, 2.24) is 4.72 Å². The molecule has 8 heteroatoms. The molecule has 0 radical (unpaired) electrons. The molecule has 0 aliphatic carbocycles. The highest BCUT2D eigenvalue weighted by atomic mass is 79.9. The Kier molecular flexibility index (Phi) is 9.09. The Labute approximate surface area is 194 Å². The SMILES string of the molecule is CCCCCCOc1ccc(C(=O)Nc2ccc(S(=O)(=O)NC(C)(C)C)cc2)cc1Br. The van der Waals surface area contributed by atoms with Gasteiger partial charge in [-0.3, -0.25) is 4.79 Å². The molecule has 2 rings (SSSR count). The lowest BCUT2D eigenvalue weighted by Crippen LogP contribution is -2.40. The number of amides is 1. The Balaban J connectivity index is 1.99. The summed E-state index contributed by atoms with van der Waals surface area (Å²) in [5.74, 6) is 0.410. The predicted molar refractivity (Wildman–Crippen MR) is 128 cm³/mol. The molecule has 0 aliphatic heterocycles. The summed E-state index contributed by atoms with van der Waals surface area (Å²) in [7, 11) is -3.62. The van der Waals surface area contributed by atoms with Crippen LogP contribution in [0.3, 0.4) is 0 Å². The Morgan fingerprint density at radius 2 is 1.71 bits per heavy atom. The number of benzene rings is 2. The molecule has 0 aliphatic rings. The van der Waals surface area contributed by atoms with E-state index in [1.54, 1.807) is 51.1 Å². The van der Waals surface area contributed by atoms with E-state index in [2.05, 4.69) is 32.9 Å². The highest BCUT2D eigenvalue weighted by molar-refractivity contribution is 9.10. The van der Waals surface area contributed by atoms with Crippen LogP contribution in [-0.4, -0.2) is 26.5 Å². The number of hydrogen-bond acceptors (Lipinski definition) is 4. The Hall–Kier alpha value is -1.90. The zero-order chi connectivity index (χ0) is 23.1. The molecule has 6 nitrogen and oxygen atoms in total. The monoisotopic (exact) mass is 510 g/mol. The van der Waals surface area contributed by atoms with Crippen molar-refractivity contribution >= 4 is 37.5 Å². The average molecular weight is 511 g/mol. The summed E-state index contributed by atoms with van der Waals surface area (Å²) < 4.78 is 33.9. The zero-order valence-electron chi connectivity index (χ0n) is 18.5. The van der Waals surface area contributed by atoms with Gasteiger partial charge in [0.1, 0.15) is 5.75 Å². The van der Waals surface area contributed by atoms with Gasteiger partial charge in [0.05, 0.1) is 16.0 Å². The molecular formula is C23H31BrN2O4S. The van der Waals surface area contributed by atoms with Crippen LogP contribution in [-0.2, 0) is 10.0 Å². The lowest BCUT2D eigenvalue weighted by Gasteiger charge is -2.20. The van der Waals surface area contributed by atoms with Gasteiger partial charge in [-0.05, 0) is 85.6 Å². The minimum Gasteiger partial charge on any atom is -0.492 e. The molecule has 0 heterocycles. The lowest BCUT2D eigenvalue weighted by molar-refractivity contribution is 0.102. The van der Waals surface area contributed by atoms with Gasteiger partial charge in [0.25, 0.3) is 5.91 Å². The second kappa shape index (κ2) is 11.1. The fraction of sp³-hybridized carbons (Fsp3) is 0.435. The van der Waals surface area contributed by atoms with E-state index < -0.39 is 15.6 Å². The topological polar surface area (TPSA) is 84.5 Å². The predicted octanol–water partition coefficient (Wildman–Crippen LogP) is 5.74. The van der Waals surface area contributed by atoms with Gasteiger partial charge in [0, 0.05) is 16.8 Å². The first-order valence-electron chi connectivity index (χ1n) is 10.4. The molecule has 0 fully saturated rings. The first kappa shape index (κ1) is 25.4. The van der Waals surface area contributed by atoms with Crippen molar-refractivity contribution in [1.29, 1.82) is 0 Å². The van der Waals surface area contributed by atoms with E-state index in [0.29, 0.717) is 28.1 Å². The van der Waals surface area contributed by atoms with Crippen LogP contribution in [0.15, 0.2) is 51.8 Å².